The maximum atomic E-state index is 12.4. The molecule has 0 aromatic heterocycles. The van der Waals surface area contributed by atoms with Crippen molar-refractivity contribution in [3.63, 3.8) is 0 Å². The van der Waals surface area contributed by atoms with E-state index in [-0.39, 0.29) is 11.8 Å². The number of piperidine rings is 1. The minimum absolute atomic E-state index is 0.0142. The first kappa shape index (κ1) is 17.4. The van der Waals surface area contributed by atoms with Gasteiger partial charge in [0.25, 0.3) is 0 Å². The fourth-order valence-corrected chi connectivity index (χ4v) is 3.86. The quantitative estimate of drug-likeness (QED) is 0.922. The standard InChI is InChI=1S/C20H30N2O2/c1-15(2)20(24)22-12-6-7-16-13-17(8-9-18(16)22)19(23)14-21-10-4-3-5-11-21/h8-9,13,15,19,23H,3-7,10-12,14H2,1-2H3/t19-/m0/s1. The van der Waals surface area contributed by atoms with Crippen molar-refractivity contribution in [3.05, 3.63) is 29.3 Å². The number of aliphatic hydroxyl groups excluding tert-OH is 1. The number of carbonyl (C=O) groups excluding carboxylic acids is 1. The lowest BCUT2D eigenvalue weighted by atomic mass is 9.96. The van der Waals surface area contributed by atoms with Crippen LogP contribution in [-0.2, 0) is 11.2 Å². The molecule has 1 N–H and O–H groups in total. The number of hydrogen-bond acceptors (Lipinski definition) is 3. The third-order valence-electron chi connectivity index (χ3n) is 5.25. The van der Waals surface area contributed by atoms with Gasteiger partial charge in [0.1, 0.15) is 0 Å². The summed E-state index contributed by atoms with van der Waals surface area (Å²) in [7, 11) is 0. The number of anilines is 1. The van der Waals surface area contributed by atoms with E-state index in [0.717, 1.165) is 43.7 Å². The molecule has 0 radical (unpaired) electrons. The summed E-state index contributed by atoms with van der Waals surface area (Å²) in [5, 5.41) is 10.6. The van der Waals surface area contributed by atoms with E-state index in [9.17, 15) is 9.90 Å². The number of amides is 1. The molecule has 0 unspecified atom stereocenters. The number of hydrogen-bond donors (Lipinski definition) is 1. The van der Waals surface area contributed by atoms with E-state index < -0.39 is 6.10 Å². The zero-order valence-corrected chi connectivity index (χ0v) is 15.0. The van der Waals surface area contributed by atoms with Gasteiger partial charge >= 0.3 is 0 Å². The largest absolute Gasteiger partial charge is 0.387 e. The molecule has 1 fully saturated rings. The molecule has 1 atom stereocenters. The first-order valence-corrected chi connectivity index (χ1v) is 9.41. The number of aliphatic hydroxyl groups is 1. The fourth-order valence-electron chi connectivity index (χ4n) is 3.86. The van der Waals surface area contributed by atoms with E-state index in [1.54, 1.807) is 0 Å². The number of aryl methyl sites for hydroxylation is 1. The third-order valence-corrected chi connectivity index (χ3v) is 5.25. The normalized spacial score (nSPS) is 20.1. The molecule has 4 nitrogen and oxygen atoms in total. The highest BCUT2D eigenvalue weighted by molar-refractivity contribution is 5.95. The van der Waals surface area contributed by atoms with Crippen LogP contribution in [-0.4, -0.2) is 42.1 Å². The monoisotopic (exact) mass is 330 g/mol. The van der Waals surface area contributed by atoms with Crippen molar-refractivity contribution in [1.82, 2.24) is 4.90 Å². The molecule has 1 aromatic carbocycles. The smallest absolute Gasteiger partial charge is 0.229 e. The Hall–Kier alpha value is -1.39. The van der Waals surface area contributed by atoms with Crippen molar-refractivity contribution in [2.24, 2.45) is 5.92 Å². The first-order chi connectivity index (χ1) is 11.6. The second kappa shape index (κ2) is 7.66. The summed E-state index contributed by atoms with van der Waals surface area (Å²) in [6, 6.07) is 6.15. The van der Waals surface area contributed by atoms with E-state index in [0.29, 0.717) is 6.54 Å². The van der Waals surface area contributed by atoms with Crippen molar-refractivity contribution in [2.45, 2.75) is 52.1 Å². The highest BCUT2D eigenvalue weighted by Gasteiger charge is 2.25. The van der Waals surface area contributed by atoms with Gasteiger partial charge in [0.15, 0.2) is 0 Å². The molecule has 132 valence electrons. The van der Waals surface area contributed by atoms with E-state index >= 15 is 0 Å². The molecule has 0 aliphatic carbocycles. The molecular formula is C20H30N2O2. The average molecular weight is 330 g/mol. The lowest BCUT2D eigenvalue weighted by molar-refractivity contribution is -0.121. The Balaban J connectivity index is 1.74. The number of likely N-dealkylation sites (tertiary alicyclic amines) is 1. The van der Waals surface area contributed by atoms with Crippen LogP contribution in [0.5, 0.6) is 0 Å². The minimum Gasteiger partial charge on any atom is -0.387 e. The Kier molecular flexibility index (Phi) is 5.57. The highest BCUT2D eigenvalue weighted by Crippen LogP contribution is 2.31. The number of nitrogens with zero attached hydrogens (tertiary/aromatic N) is 2. The predicted octanol–water partition coefficient (Wildman–Crippen LogP) is 3.14. The van der Waals surface area contributed by atoms with Crippen LogP contribution >= 0.6 is 0 Å². The summed E-state index contributed by atoms with van der Waals surface area (Å²) in [5.41, 5.74) is 3.22. The van der Waals surface area contributed by atoms with Crippen LogP contribution < -0.4 is 4.90 Å². The summed E-state index contributed by atoms with van der Waals surface area (Å²) in [4.78, 5) is 16.7. The second-order valence-corrected chi connectivity index (χ2v) is 7.51. The molecule has 2 aliphatic heterocycles. The van der Waals surface area contributed by atoms with Crippen molar-refractivity contribution in [1.29, 1.82) is 0 Å². The lowest BCUT2D eigenvalue weighted by Crippen LogP contribution is -2.38. The molecule has 1 saturated heterocycles. The first-order valence-electron chi connectivity index (χ1n) is 9.41. The van der Waals surface area contributed by atoms with Crippen LogP contribution in [0.4, 0.5) is 5.69 Å². The number of fused-ring (bicyclic) bond motifs is 1. The van der Waals surface area contributed by atoms with E-state index in [2.05, 4.69) is 11.0 Å². The van der Waals surface area contributed by atoms with Gasteiger partial charge in [0.05, 0.1) is 6.10 Å². The second-order valence-electron chi connectivity index (χ2n) is 7.51. The van der Waals surface area contributed by atoms with Crippen molar-refractivity contribution < 1.29 is 9.90 Å². The van der Waals surface area contributed by atoms with Crippen LogP contribution in [0.2, 0.25) is 0 Å². The Morgan fingerprint density at radius 2 is 1.88 bits per heavy atom. The maximum Gasteiger partial charge on any atom is 0.229 e. The number of rotatable bonds is 4. The van der Waals surface area contributed by atoms with Crippen LogP contribution in [0.1, 0.15) is 56.8 Å². The van der Waals surface area contributed by atoms with Gasteiger partial charge in [-0.2, -0.15) is 0 Å². The SMILES string of the molecule is CC(C)C(=O)N1CCCc2cc([C@@H](O)CN3CCCCC3)ccc21. The zero-order chi connectivity index (χ0) is 17.1. The zero-order valence-electron chi connectivity index (χ0n) is 15.0. The van der Waals surface area contributed by atoms with Gasteiger partial charge in [-0.3, -0.25) is 4.79 Å². The molecule has 1 aromatic rings. The Labute approximate surface area is 145 Å². The number of carbonyl (C=O) groups is 1. The van der Waals surface area contributed by atoms with Gasteiger partial charge in [0, 0.05) is 24.7 Å². The van der Waals surface area contributed by atoms with Gasteiger partial charge in [0.2, 0.25) is 5.91 Å². The van der Waals surface area contributed by atoms with Gasteiger partial charge in [-0.05, 0) is 56.0 Å². The molecule has 3 rings (SSSR count). The van der Waals surface area contributed by atoms with Crippen molar-refractivity contribution in [3.8, 4) is 0 Å². The van der Waals surface area contributed by atoms with Gasteiger partial charge in [-0.15, -0.1) is 0 Å². The average Bonchev–Trinajstić information content (AvgIpc) is 2.60. The van der Waals surface area contributed by atoms with Crippen molar-refractivity contribution >= 4 is 11.6 Å². The van der Waals surface area contributed by atoms with Gasteiger partial charge in [-0.25, -0.2) is 0 Å². The fraction of sp³-hybridized carbons (Fsp3) is 0.650. The summed E-state index contributed by atoms with van der Waals surface area (Å²) in [5.74, 6) is 0.206. The van der Waals surface area contributed by atoms with Crippen LogP contribution in [0.3, 0.4) is 0 Å². The molecule has 0 saturated carbocycles. The lowest BCUT2D eigenvalue weighted by Gasteiger charge is -2.32. The predicted molar refractivity (Wildman–Crippen MR) is 97.2 cm³/mol. The summed E-state index contributed by atoms with van der Waals surface area (Å²) in [6.45, 7) is 7.62. The van der Waals surface area contributed by atoms with Crippen LogP contribution in [0.25, 0.3) is 0 Å². The van der Waals surface area contributed by atoms with E-state index in [1.807, 2.05) is 30.9 Å². The van der Waals surface area contributed by atoms with Crippen LogP contribution in [0, 0.1) is 5.92 Å². The minimum atomic E-state index is -0.440. The topological polar surface area (TPSA) is 43.8 Å². The third kappa shape index (κ3) is 3.81. The van der Waals surface area contributed by atoms with E-state index in [4.69, 9.17) is 0 Å². The van der Waals surface area contributed by atoms with Gasteiger partial charge < -0.3 is 14.9 Å². The Morgan fingerprint density at radius 1 is 1.12 bits per heavy atom. The Bertz CT molecular complexity index is 579. The molecule has 1 amide bonds. The number of benzene rings is 1. The molecule has 24 heavy (non-hydrogen) atoms. The summed E-state index contributed by atoms with van der Waals surface area (Å²) < 4.78 is 0. The summed E-state index contributed by atoms with van der Waals surface area (Å²) in [6.07, 6.45) is 5.33. The van der Waals surface area contributed by atoms with E-state index in [1.165, 1.54) is 24.8 Å². The maximum absolute atomic E-state index is 12.4. The molecule has 4 heteroatoms. The van der Waals surface area contributed by atoms with Gasteiger partial charge in [-0.1, -0.05) is 32.4 Å². The molecular weight excluding hydrogens is 300 g/mol. The molecule has 2 heterocycles. The molecule has 2 aliphatic rings. The van der Waals surface area contributed by atoms with Crippen LogP contribution in [0.15, 0.2) is 18.2 Å². The van der Waals surface area contributed by atoms with Crippen molar-refractivity contribution in [2.75, 3.05) is 31.1 Å². The molecule has 0 bridgehead atoms. The Morgan fingerprint density at radius 3 is 2.58 bits per heavy atom. The highest BCUT2D eigenvalue weighted by atomic mass is 16.3. The number of β-amino-alcohol motifs (C(OH)–C–C–N with tert-alkyl or cyclic N) is 1. The molecule has 0 spiro atoms. The summed E-state index contributed by atoms with van der Waals surface area (Å²) >= 11 is 0.